The number of hydrogen-bond donors (Lipinski definition) is 2. The van der Waals surface area contributed by atoms with Crippen LogP contribution in [0.5, 0.6) is 23.0 Å². The van der Waals surface area contributed by atoms with Gasteiger partial charge < -0.3 is 20.3 Å². The Kier molecular flexibility index (Phi) is 5.79. The summed E-state index contributed by atoms with van der Waals surface area (Å²) in [6.45, 7) is 5.82. The second kappa shape index (κ2) is 8.25. The maximum Gasteiger partial charge on any atom is 0.170 e. The topological polar surface area (TPSA) is 64.7 Å². The van der Waals surface area contributed by atoms with Gasteiger partial charge in [-0.05, 0) is 62.7 Å². The maximum absolute atomic E-state index is 10.3. The summed E-state index contributed by atoms with van der Waals surface area (Å²) in [4.78, 5) is 0. The molecule has 4 heteroatoms. The lowest BCUT2D eigenvalue weighted by Gasteiger charge is -2.18. The van der Waals surface area contributed by atoms with Gasteiger partial charge in [-0.2, -0.15) is 0 Å². The summed E-state index contributed by atoms with van der Waals surface area (Å²) < 4.78 is 12.1. The first-order chi connectivity index (χ1) is 12.9. The van der Waals surface area contributed by atoms with Crippen LogP contribution in [-0.4, -0.2) is 11.1 Å². The first kappa shape index (κ1) is 19.0. The highest BCUT2D eigenvalue weighted by Crippen LogP contribution is 2.37. The third kappa shape index (κ3) is 4.88. The largest absolute Gasteiger partial charge is 0.453 e. The van der Waals surface area contributed by atoms with Gasteiger partial charge in [-0.25, -0.2) is 0 Å². The van der Waals surface area contributed by atoms with E-state index in [0.29, 0.717) is 22.8 Å². The minimum Gasteiger partial charge on any atom is -0.453 e. The summed E-state index contributed by atoms with van der Waals surface area (Å²) >= 11 is 0. The zero-order valence-corrected chi connectivity index (χ0v) is 15.8. The average molecular weight is 363 g/mol. The number of aliphatic hydroxyl groups excluding tert-OH is 1. The first-order valence-corrected chi connectivity index (χ1v) is 8.99. The van der Waals surface area contributed by atoms with Crippen molar-refractivity contribution in [1.29, 1.82) is 0 Å². The van der Waals surface area contributed by atoms with Crippen molar-refractivity contribution in [2.24, 2.45) is 5.73 Å². The first-order valence-electron chi connectivity index (χ1n) is 8.99. The van der Waals surface area contributed by atoms with Crippen LogP contribution in [0.15, 0.2) is 66.7 Å². The molecule has 2 unspecified atom stereocenters. The predicted molar refractivity (Wildman–Crippen MR) is 108 cm³/mol. The molecule has 0 saturated heterocycles. The van der Waals surface area contributed by atoms with Gasteiger partial charge in [0.25, 0.3) is 0 Å². The lowest BCUT2D eigenvalue weighted by molar-refractivity contribution is 0.153. The molecule has 0 radical (unpaired) electrons. The molecular weight excluding hydrogens is 338 g/mol. The number of aryl methyl sites for hydroxylation is 2. The Balaban J connectivity index is 1.94. The Morgan fingerprint density at radius 1 is 0.741 bits per heavy atom. The van der Waals surface area contributed by atoms with Gasteiger partial charge in [-0.15, -0.1) is 0 Å². The molecule has 0 bridgehead atoms. The van der Waals surface area contributed by atoms with E-state index < -0.39 is 6.10 Å². The van der Waals surface area contributed by atoms with Crippen LogP contribution in [-0.2, 0) is 0 Å². The fourth-order valence-corrected chi connectivity index (χ4v) is 2.64. The summed E-state index contributed by atoms with van der Waals surface area (Å²) in [5.74, 6) is 2.51. The third-order valence-corrected chi connectivity index (χ3v) is 4.30. The molecule has 140 valence electrons. The van der Waals surface area contributed by atoms with E-state index in [1.54, 1.807) is 25.1 Å². The van der Waals surface area contributed by atoms with Gasteiger partial charge in [0.05, 0.1) is 6.10 Å². The molecule has 0 aliphatic rings. The molecule has 0 aliphatic heterocycles. The van der Waals surface area contributed by atoms with E-state index >= 15 is 0 Å². The molecule has 4 nitrogen and oxygen atoms in total. The van der Waals surface area contributed by atoms with Gasteiger partial charge in [0, 0.05) is 6.04 Å². The monoisotopic (exact) mass is 363 g/mol. The SMILES string of the molecule is Cc1ccc(Oc2ccc(C(O)C(C)N)cc2Oc2ccc(C)cc2)cc1. The van der Waals surface area contributed by atoms with E-state index in [4.69, 9.17) is 15.2 Å². The fraction of sp³-hybridized carbons (Fsp3) is 0.217. The molecule has 0 amide bonds. The van der Waals surface area contributed by atoms with Crippen molar-refractivity contribution < 1.29 is 14.6 Å². The molecule has 3 aromatic rings. The van der Waals surface area contributed by atoms with Crippen LogP contribution in [0.4, 0.5) is 0 Å². The van der Waals surface area contributed by atoms with Crippen LogP contribution in [0.2, 0.25) is 0 Å². The zero-order valence-electron chi connectivity index (χ0n) is 15.8. The molecule has 3 aromatic carbocycles. The van der Waals surface area contributed by atoms with Crippen LogP contribution in [0.1, 0.15) is 29.7 Å². The molecule has 0 fully saturated rings. The zero-order chi connectivity index (χ0) is 19.4. The molecule has 0 saturated carbocycles. The number of hydrogen-bond acceptors (Lipinski definition) is 4. The van der Waals surface area contributed by atoms with Crippen LogP contribution in [0.3, 0.4) is 0 Å². The van der Waals surface area contributed by atoms with Crippen molar-refractivity contribution in [2.45, 2.75) is 32.9 Å². The number of rotatable bonds is 6. The van der Waals surface area contributed by atoms with Gasteiger partial charge in [0.1, 0.15) is 11.5 Å². The Morgan fingerprint density at radius 2 is 1.22 bits per heavy atom. The molecule has 3 rings (SSSR count). The second-order valence-corrected chi connectivity index (χ2v) is 6.84. The highest BCUT2D eigenvalue weighted by molar-refractivity contribution is 5.48. The maximum atomic E-state index is 10.3. The number of benzene rings is 3. The summed E-state index contributed by atoms with van der Waals surface area (Å²) in [6.07, 6.45) is -0.779. The Bertz CT molecular complexity index is 887. The molecule has 0 heterocycles. The molecule has 0 spiro atoms. The normalized spacial score (nSPS) is 13.1. The Labute approximate surface area is 160 Å². The summed E-state index contributed by atoms with van der Waals surface area (Å²) in [5, 5.41) is 10.3. The average Bonchev–Trinajstić information content (AvgIpc) is 2.66. The molecule has 0 aromatic heterocycles. The van der Waals surface area contributed by atoms with Gasteiger partial charge in [0.15, 0.2) is 11.5 Å². The van der Waals surface area contributed by atoms with Crippen molar-refractivity contribution in [2.75, 3.05) is 0 Å². The van der Waals surface area contributed by atoms with Gasteiger partial charge in [-0.3, -0.25) is 0 Å². The van der Waals surface area contributed by atoms with E-state index in [2.05, 4.69) is 0 Å². The van der Waals surface area contributed by atoms with Crippen molar-refractivity contribution in [3.63, 3.8) is 0 Å². The number of ether oxygens (including phenoxy) is 2. The van der Waals surface area contributed by atoms with Crippen molar-refractivity contribution in [3.05, 3.63) is 83.4 Å². The van der Waals surface area contributed by atoms with Crippen LogP contribution in [0.25, 0.3) is 0 Å². The lowest BCUT2D eigenvalue weighted by atomic mass is 10.0. The predicted octanol–water partition coefficient (Wildman–Crippen LogP) is 5.27. The fourth-order valence-electron chi connectivity index (χ4n) is 2.64. The number of nitrogens with two attached hydrogens (primary N) is 1. The quantitative estimate of drug-likeness (QED) is 0.626. The summed E-state index contributed by atoms with van der Waals surface area (Å²) in [6, 6.07) is 20.6. The van der Waals surface area contributed by atoms with Crippen molar-refractivity contribution >= 4 is 0 Å². The van der Waals surface area contributed by atoms with E-state index in [9.17, 15) is 5.11 Å². The van der Waals surface area contributed by atoms with E-state index in [-0.39, 0.29) is 6.04 Å². The van der Waals surface area contributed by atoms with Gasteiger partial charge in [-0.1, -0.05) is 41.5 Å². The number of aliphatic hydroxyl groups is 1. The van der Waals surface area contributed by atoms with E-state index in [1.807, 2.05) is 62.4 Å². The summed E-state index contributed by atoms with van der Waals surface area (Å²) in [7, 11) is 0. The minimum absolute atomic E-state index is 0.388. The molecule has 3 N–H and O–H groups in total. The Hall–Kier alpha value is -2.82. The smallest absolute Gasteiger partial charge is 0.170 e. The Morgan fingerprint density at radius 3 is 1.70 bits per heavy atom. The van der Waals surface area contributed by atoms with Crippen molar-refractivity contribution in [1.82, 2.24) is 0 Å². The van der Waals surface area contributed by atoms with Gasteiger partial charge >= 0.3 is 0 Å². The van der Waals surface area contributed by atoms with E-state index in [0.717, 1.165) is 16.9 Å². The molecule has 27 heavy (non-hydrogen) atoms. The summed E-state index contributed by atoms with van der Waals surface area (Å²) in [5.41, 5.74) is 8.84. The van der Waals surface area contributed by atoms with Gasteiger partial charge in [0.2, 0.25) is 0 Å². The lowest BCUT2D eigenvalue weighted by Crippen LogP contribution is -2.24. The highest BCUT2D eigenvalue weighted by atomic mass is 16.5. The third-order valence-electron chi connectivity index (χ3n) is 4.30. The standard InChI is InChI=1S/C23H25NO3/c1-15-4-9-19(10-5-15)26-21-13-8-18(23(25)17(3)24)14-22(21)27-20-11-6-16(2)7-12-20/h4-14,17,23,25H,24H2,1-3H3. The molecule has 2 atom stereocenters. The second-order valence-electron chi connectivity index (χ2n) is 6.84. The highest BCUT2D eigenvalue weighted by Gasteiger charge is 2.16. The minimum atomic E-state index is -0.779. The van der Waals surface area contributed by atoms with E-state index in [1.165, 1.54) is 0 Å². The van der Waals surface area contributed by atoms with Crippen molar-refractivity contribution in [3.8, 4) is 23.0 Å². The van der Waals surface area contributed by atoms with Crippen LogP contribution in [0, 0.1) is 13.8 Å². The molecular formula is C23H25NO3. The van der Waals surface area contributed by atoms with Crippen LogP contribution >= 0.6 is 0 Å². The molecule has 0 aliphatic carbocycles. The van der Waals surface area contributed by atoms with Crippen LogP contribution < -0.4 is 15.2 Å².